The monoisotopic (exact) mass is 242 g/mol. The van der Waals surface area contributed by atoms with Gasteiger partial charge in [0.2, 0.25) is 0 Å². The summed E-state index contributed by atoms with van der Waals surface area (Å²) in [5.41, 5.74) is -0.149. The summed E-state index contributed by atoms with van der Waals surface area (Å²) in [6.45, 7) is 4.34. The van der Waals surface area contributed by atoms with Crippen LogP contribution in [0.4, 0.5) is 6.01 Å². The number of aromatic nitrogens is 1. The molecule has 0 aliphatic carbocycles. The minimum Gasteiger partial charge on any atom is -0.476 e. The van der Waals surface area contributed by atoms with Crippen LogP contribution in [0, 0.1) is 5.92 Å². The molecule has 1 unspecified atom stereocenters. The topological polar surface area (TPSA) is 95.6 Å². The molecule has 1 rings (SSSR count). The Balaban J connectivity index is 2.46. The number of aliphatic hydroxyl groups excluding tert-OH is 1. The van der Waals surface area contributed by atoms with Crippen LogP contribution in [-0.2, 0) is 0 Å². The van der Waals surface area contributed by atoms with Crippen molar-refractivity contribution in [2.45, 2.75) is 32.8 Å². The number of hydrogen-bond donors (Lipinski definition) is 3. The van der Waals surface area contributed by atoms with E-state index in [1.807, 2.05) is 13.8 Å². The summed E-state index contributed by atoms with van der Waals surface area (Å²) in [4.78, 5) is 14.3. The molecule has 0 aliphatic rings. The van der Waals surface area contributed by atoms with Crippen molar-refractivity contribution in [3.8, 4) is 0 Å². The van der Waals surface area contributed by atoms with E-state index in [2.05, 4.69) is 10.3 Å². The summed E-state index contributed by atoms with van der Waals surface area (Å²) < 4.78 is 4.91. The molecule has 6 nitrogen and oxygen atoms in total. The number of aromatic carboxylic acids is 1. The number of oxazole rings is 1. The SMILES string of the molecule is CCC(CC)C(O)CNc1nc(C(=O)O)co1. The molecule has 1 aromatic rings. The number of nitrogens with one attached hydrogen (secondary N) is 1. The normalized spacial score (nSPS) is 12.7. The molecule has 0 fully saturated rings. The van der Waals surface area contributed by atoms with E-state index in [0.717, 1.165) is 19.1 Å². The second-order valence-corrected chi connectivity index (χ2v) is 3.87. The zero-order valence-electron chi connectivity index (χ0n) is 10.0. The Hall–Kier alpha value is -1.56. The van der Waals surface area contributed by atoms with Gasteiger partial charge >= 0.3 is 5.97 Å². The second-order valence-electron chi connectivity index (χ2n) is 3.87. The van der Waals surface area contributed by atoms with Gasteiger partial charge in [0.1, 0.15) is 6.26 Å². The van der Waals surface area contributed by atoms with E-state index in [9.17, 15) is 9.90 Å². The summed E-state index contributed by atoms with van der Waals surface area (Å²) in [5, 5.41) is 21.3. The molecule has 1 aromatic heterocycles. The number of aliphatic hydroxyl groups is 1. The minimum atomic E-state index is -1.14. The number of carboxylic acids is 1. The fourth-order valence-corrected chi connectivity index (χ4v) is 1.64. The zero-order chi connectivity index (χ0) is 12.8. The van der Waals surface area contributed by atoms with Gasteiger partial charge in [0.25, 0.3) is 6.01 Å². The van der Waals surface area contributed by atoms with Crippen molar-refractivity contribution in [1.29, 1.82) is 0 Å². The third-order valence-corrected chi connectivity index (χ3v) is 2.78. The number of hydrogen-bond acceptors (Lipinski definition) is 5. The summed E-state index contributed by atoms with van der Waals surface area (Å²) >= 11 is 0. The van der Waals surface area contributed by atoms with E-state index < -0.39 is 12.1 Å². The van der Waals surface area contributed by atoms with E-state index in [1.165, 1.54) is 0 Å². The average molecular weight is 242 g/mol. The van der Waals surface area contributed by atoms with Crippen LogP contribution in [-0.4, -0.2) is 33.8 Å². The van der Waals surface area contributed by atoms with Crippen LogP contribution < -0.4 is 5.32 Å². The van der Waals surface area contributed by atoms with Crippen LogP contribution in [0.25, 0.3) is 0 Å². The number of nitrogens with zero attached hydrogens (tertiary/aromatic N) is 1. The molecule has 0 radical (unpaired) electrons. The van der Waals surface area contributed by atoms with Crippen LogP contribution in [0.1, 0.15) is 37.2 Å². The molecule has 1 heterocycles. The Morgan fingerprint density at radius 2 is 2.18 bits per heavy atom. The zero-order valence-corrected chi connectivity index (χ0v) is 10.0. The lowest BCUT2D eigenvalue weighted by Crippen LogP contribution is -2.27. The Kier molecular flexibility index (Phi) is 4.96. The Labute approximate surface area is 99.7 Å². The van der Waals surface area contributed by atoms with Crippen molar-refractivity contribution in [2.75, 3.05) is 11.9 Å². The van der Waals surface area contributed by atoms with Crippen LogP contribution in [0.3, 0.4) is 0 Å². The van der Waals surface area contributed by atoms with Crippen LogP contribution in [0.15, 0.2) is 10.7 Å². The van der Waals surface area contributed by atoms with Gasteiger partial charge in [-0.05, 0) is 5.92 Å². The van der Waals surface area contributed by atoms with Crippen molar-refractivity contribution >= 4 is 12.0 Å². The Morgan fingerprint density at radius 3 is 2.65 bits per heavy atom. The third-order valence-electron chi connectivity index (χ3n) is 2.78. The smallest absolute Gasteiger partial charge is 0.357 e. The van der Waals surface area contributed by atoms with E-state index in [-0.39, 0.29) is 17.6 Å². The molecular weight excluding hydrogens is 224 g/mol. The second kappa shape index (κ2) is 6.24. The molecule has 1 atom stereocenters. The van der Waals surface area contributed by atoms with Gasteiger partial charge in [0.05, 0.1) is 6.10 Å². The summed E-state index contributed by atoms with van der Waals surface area (Å²) in [7, 11) is 0. The minimum absolute atomic E-state index is 0.118. The van der Waals surface area contributed by atoms with Crippen LogP contribution in [0.2, 0.25) is 0 Å². The molecule has 96 valence electrons. The fourth-order valence-electron chi connectivity index (χ4n) is 1.64. The molecule has 17 heavy (non-hydrogen) atoms. The molecule has 3 N–H and O–H groups in total. The predicted molar refractivity (Wildman–Crippen MR) is 62.0 cm³/mol. The van der Waals surface area contributed by atoms with Crippen molar-refractivity contribution in [3.63, 3.8) is 0 Å². The summed E-state index contributed by atoms with van der Waals surface area (Å²) in [6.07, 6.45) is 2.36. The largest absolute Gasteiger partial charge is 0.476 e. The highest BCUT2D eigenvalue weighted by Gasteiger charge is 2.16. The Bertz CT molecular complexity index is 360. The fraction of sp³-hybridized carbons (Fsp3) is 0.636. The first-order valence-corrected chi connectivity index (χ1v) is 5.69. The number of carbonyl (C=O) groups is 1. The van der Waals surface area contributed by atoms with Gasteiger partial charge < -0.3 is 19.9 Å². The molecule has 0 aliphatic heterocycles. The van der Waals surface area contributed by atoms with Crippen molar-refractivity contribution in [1.82, 2.24) is 4.98 Å². The van der Waals surface area contributed by atoms with E-state index in [0.29, 0.717) is 6.54 Å². The van der Waals surface area contributed by atoms with E-state index in [4.69, 9.17) is 9.52 Å². The first-order valence-electron chi connectivity index (χ1n) is 5.69. The standard InChI is InChI=1S/C11H18N2O4/c1-3-7(4-2)9(14)5-12-11-13-8(6-17-11)10(15)16/h6-7,9,14H,3-5H2,1-2H3,(H,12,13)(H,15,16). The van der Waals surface area contributed by atoms with Crippen molar-refractivity contribution in [2.24, 2.45) is 5.92 Å². The highest BCUT2D eigenvalue weighted by Crippen LogP contribution is 2.14. The molecule has 0 bridgehead atoms. The first kappa shape index (κ1) is 13.5. The van der Waals surface area contributed by atoms with Gasteiger partial charge in [0.15, 0.2) is 5.69 Å². The number of carboxylic acid groups (broad SMARTS) is 1. The van der Waals surface area contributed by atoms with Gasteiger partial charge in [-0.3, -0.25) is 0 Å². The summed E-state index contributed by atoms with van der Waals surface area (Å²) in [6, 6.07) is 0.118. The lowest BCUT2D eigenvalue weighted by molar-refractivity contribution is 0.0690. The Morgan fingerprint density at radius 1 is 1.53 bits per heavy atom. The number of rotatable bonds is 7. The lowest BCUT2D eigenvalue weighted by Gasteiger charge is -2.19. The molecule has 6 heteroatoms. The molecule has 0 amide bonds. The van der Waals surface area contributed by atoms with Gasteiger partial charge in [0, 0.05) is 6.54 Å². The third kappa shape index (κ3) is 3.74. The molecule has 0 saturated carbocycles. The number of anilines is 1. The maximum absolute atomic E-state index is 10.6. The molecular formula is C11H18N2O4. The van der Waals surface area contributed by atoms with Gasteiger partial charge in [-0.25, -0.2) is 4.79 Å². The average Bonchev–Trinajstić information content (AvgIpc) is 2.76. The van der Waals surface area contributed by atoms with Crippen LogP contribution in [0.5, 0.6) is 0 Å². The van der Waals surface area contributed by atoms with Crippen molar-refractivity contribution < 1.29 is 19.4 Å². The lowest BCUT2D eigenvalue weighted by atomic mass is 9.97. The highest BCUT2D eigenvalue weighted by molar-refractivity contribution is 5.85. The predicted octanol–water partition coefficient (Wildman–Crippen LogP) is 1.58. The van der Waals surface area contributed by atoms with E-state index >= 15 is 0 Å². The van der Waals surface area contributed by atoms with Gasteiger partial charge in [-0.2, -0.15) is 4.98 Å². The summed E-state index contributed by atoms with van der Waals surface area (Å²) in [5.74, 6) is -0.918. The van der Waals surface area contributed by atoms with Gasteiger partial charge in [-0.1, -0.05) is 26.7 Å². The maximum Gasteiger partial charge on any atom is 0.357 e. The molecule has 0 spiro atoms. The highest BCUT2D eigenvalue weighted by atomic mass is 16.4. The maximum atomic E-state index is 10.6. The first-order chi connectivity index (χ1) is 8.08. The van der Waals surface area contributed by atoms with Gasteiger partial charge in [-0.15, -0.1) is 0 Å². The molecule has 0 aromatic carbocycles. The molecule has 0 saturated heterocycles. The van der Waals surface area contributed by atoms with Crippen molar-refractivity contribution in [3.05, 3.63) is 12.0 Å². The quantitative estimate of drug-likeness (QED) is 0.672. The van der Waals surface area contributed by atoms with Crippen LogP contribution >= 0.6 is 0 Å². The van der Waals surface area contributed by atoms with E-state index in [1.54, 1.807) is 0 Å².